The monoisotopic (exact) mass is 366 g/mol. The summed E-state index contributed by atoms with van der Waals surface area (Å²) in [5.74, 6) is -0.124. The van der Waals surface area contributed by atoms with Crippen LogP contribution in [0.1, 0.15) is 16.7 Å². The fraction of sp³-hybridized carbons (Fsp3) is 0.176. The lowest BCUT2D eigenvalue weighted by atomic mass is 10.1. The van der Waals surface area contributed by atoms with Crippen molar-refractivity contribution in [1.82, 2.24) is 0 Å². The molecule has 0 fully saturated rings. The van der Waals surface area contributed by atoms with Crippen LogP contribution in [0.2, 0.25) is 10.0 Å². The molecule has 0 unspecified atom stereocenters. The smallest absolute Gasteiger partial charge is 0.262 e. The van der Waals surface area contributed by atoms with E-state index in [9.17, 15) is 4.79 Å². The molecule has 0 aliphatic carbocycles. The predicted molar refractivity (Wildman–Crippen MR) is 95.9 cm³/mol. The Hall–Kier alpha value is -2.24. The normalized spacial score (nSPS) is 10.8. The number of rotatable bonds is 5. The quantitative estimate of drug-likeness (QED) is 0.466. The SMILES string of the molecule is Cc1ccc(C)c(NC(=O)COc2c(Cl)cc(/C=N/O)cc2Cl)c1. The number of anilines is 1. The number of nitrogens with one attached hydrogen (secondary N) is 1. The molecule has 0 saturated heterocycles. The Morgan fingerprint density at radius 1 is 1.25 bits per heavy atom. The highest BCUT2D eigenvalue weighted by Gasteiger charge is 2.12. The van der Waals surface area contributed by atoms with Crippen LogP contribution in [0.3, 0.4) is 0 Å². The van der Waals surface area contributed by atoms with Crippen molar-refractivity contribution >= 4 is 41.0 Å². The van der Waals surface area contributed by atoms with Crippen molar-refractivity contribution in [2.45, 2.75) is 13.8 Å². The van der Waals surface area contributed by atoms with Gasteiger partial charge in [0.1, 0.15) is 0 Å². The molecule has 2 aromatic carbocycles. The Bertz CT molecular complexity index is 768. The maximum absolute atomic E-state index is 12.1. The van der Waals surface area contributed by atoms with Gasteiger partial charge in [0.15, 0.2) is 12.4 Å². The first kappa shape index (κ1) is 18.1. The molecular formula is C17H16Cl2N2O3. The second-order valence-electron chi connectivity index (χ2n) is 5.21. The fourth-order valence-electron chi connectivity index (χ4n) is 2.05. The number of ether oxygens (including phenoxy) is 1. The van der Waals surface area contributed by atoms with E-state index < -0.39 is 0 Å². The number of benzene rings is 2. The summed E-state index contributed by atoms with van der Waals surface area (Å²) in [6.45, 7) is 3.62. The highest BCUT2D eigenvalue weighted by Crippen LogP contribution is 2.33. The zero-order valence-electron chi connectivity index (χ0n) is 13.1. The zero-order chi connectivity index (χ0) is 17.7. The maximum Gasteiger partial charge on any atom is 0.262 e. The summed E-state index contributed by atoms with van der Waals surface area (Å²) < 4.78 is 5.42. The van der Waals surface area contributed by atoms with Crippen LogP contribution in [0.5, 0.6) is 5.75 Å². The summed E-state index contributed by atoms with van der Waals surface area (Å²) in [5.41, 5.74) is 3.25. The first-order valence-corrected chi connectivity index (χ1v) is 7.82. The first-order chi connectivity index (χ1) is 11.4. The minimum Gasteiger partial charge on any atom is -0.481 e. The lowest BCUT2D eigenvalue weighted by Gasteiger charge is -2.12. The van der Waals surface area contributed by atoms with E-state index in [0.717, 1.165) is 16.8 Å². The molecule has 0 aromatic heterocycles. The first-order valence-electron chi connectivity index (χ1n) is 7.07. The van der Waals surface area contributed by atoms with Gasteiger partial charge in [-0.2, -0.15) is 0 Å². The minimum absolute atomic E-state index is 0.199. The minimum atomic E-state index is -0.322. The van der Waals surface area contributed by atoms with E-state index in [-0.39, 0.29) is 28.3 Å². The summed E-state index contributed by atoms with van der Waals surface area (Å²) in [6, 6.07) is 8.83. The predicted octanol–water partition coefficient (Wildman–Crippen LogP) is 4.44. The third-order valence-corrected chi connectivity index (χ3v) is 3.80. The lowest BCUT2D eigenvalue weighted by molar-refractivity contribution is -0.118. The van der Waals surface area contributed by atoms with Crippen LogP contribution < -0.4 is 10.1 Å². The number of halogens is 2. The molecule has 0 bridgehead atoms. The van der Waals surface area contributed by atoms with Crippen molar-refractivity contribution in [3.63, 3.8) is 0 Å². The summed E-state index contributed by atoms with van der Waals surface area (Å²) >= 11 is 12.2. The van der Waals surface area contributed by atoms with Gasteiger partial charge in [0.25, 0.3) is 5.91 Å². The van der Waals surface area contributed by atoms with Gasteiger partial charge in [-0.05, 0) is 48.7 Å². The number of nitrogens with zero attached hydrogens (tertiary/aromatic N) is 1. The molecule has 0 aliphatic heterocycles. The van der Waals surface area contributed by atoms with Crippen molar-refractivity contribution in [3.05, 3.63) is 57.1 Å². The summed E-state index contributed by atoms with van der Waals surface area (Å²) in [5, 5.41) is 14.7. The second-order valence-corrected chi connectivity index (χ2v) is 6.03. The van der Waals surface area contributed by atoms with Crippen LogP contribution in [-0.2, 0) is 4.79 Å². The van der Waals surface area contributed by atoms with E-state index in [4.69, 9.17) is 33.1 Å². The van der Waals surface area contributed by atoms with Crippen LogP contribution in [0.25, 0.3) is 0 Å². The molecule has 2 N–H and O–H groups in total. The fourth-order valence-corrected chi connectivity index (χ4v) is 2.67. The molecule has 2 aromatic rings. The van der Waals surface area contributed by atoms with Crippen molar-refractivity contribution < 1.29 is 14.7 Å². The number of carbonyl (C=O) groups excluding carboxylic acids is 1. The number of hydrogen-bond acceptors (Lipinski definition) is 4. The van der Waals surface area contributed by atoms with Gasteiger partial charge in [0, 0.05) is 5.69 Å². The van der Waals surface area contributed by atoms with Crippen molar-refractivity contribution in [3.8, 4) is 5.75 Å². The average Bonchev–Trinajstić information content (AvgIpc) is 2.50. The standard InChI is InChI=1S/C17H16Cl2N2O3/c1-10-3-4-11(2)15(5-10)21-16(22)9-24-17-13(18)6-12(8-20-23)7-14(17)19/h3-8,23H,9H2,1-2H3,(H,21,22)/b20-8+. The molecule has 0 radical (unpaired) electrons. The number of hydrogen-bond donors (Lipinski definition) is 2. The third-order valence-electron chi connectivity index (χ3n) is 3.24. The van der Waals surface area contributed by atoms with E-state index in [1.807, 2.05) is 32.0 Å². The van der Waals surface area contributed by atoms with Gasteiger partial charge in [-0.15, -0.1) is 0 Å². The Labute approximate surface area is 149 Å². The van der Waals surface area contributed by atoms with Crippen LogP contribution in [0.4, 0.5) is 5.69 Å². The van der Waals surface area contributed by atoms with Gasteiger partial charge in [-0.25, -0.2) is 0 Å². The van der Waals surface area contributed by atoms with Crippen LogP contribution in [0.15, 0.2) is 35.5 Å². The summed E-state index contributed by atoms with van der Waals surface area (Å²) in [7, 11) is 0. The van der Waals surface area contributed by atoms with E-state index in [0.29, 0.717) is 5.56 Å². The molecule has 0 heterocycles. The van der Waals surface area contributed by atoms with Crippen molar-refractivity contribution in [1.29, 1.82) is 0 Å². The van der Waals surface area contributed by atoms with Crippen molar-refractivity contribution in [2.24, 2.45) is 5.16 Å². The van der Waals surface area contributed by atoms with Gasteiger partial charge in [-0.3, -0.25) is 4.79 Å². The molecule has 2 rings (SSSR count). The average molecular weight is 367 g/mol. The maximum atomic E-state index is 12.1. The van der Waals surface area contributed by atoms with Crippen LogP contribution in [-0.4, -0.2) is 23.9 Å². The summed E-state index contributed by atoms with van der Waals surface area (Å²) in [6.07, 6.45) is 1.19. The molecule has 0 aliphatic rings. The molecule has 5 nitrogen and oxygen atoms in total. The van der Waals surface area contributed by atoms with Crippen LogP contribution in [0, 0.1) is 13.8 Å². The van der Waals surface area contributed by atoms with Crippen molar-refractivity contribution in [2.75, 3.05) is 11.9 Å². The molecule has 1 amide bonds. The van der Waals surface area contributed by atoms with E-state index in [1.165, 1.54) is 18.3 Å². The highest BCUT2D eigenvalue weighted by molar-refractivity contribution is 6.37. The Morgan fingerprint density at radius 3 is 2.54 bits per heavy atom. The number of aryl methyl sites for hydroxylation is 2. The molecule has 126 valence electrons. The molecule has 7 heteroatoms. The number of carbonyl (C=O) groups is 1. The molecule has 24 heavy (non-hydrogen) atoms. The highest BCUT2D eigenvalue weighted by atomic mass is 35.5. The molecule has 0 saturated carbocycles. The molecule has 0 atom stereocenters. The van der Waals surface area contributed by atoms with E-state index in [1.54, 1.807) is 0 Å². The third kappa shape index (κ3) is 4.63. The number of amides is 1. The van der Waals surface area contributed by atoms with Gasteiger partial charge in [0.2, 0.25) is 0 Å². The Balaban J connectivity index is 2.05. The van der Waals surface area contributed by atoms with Gasteiger partial charge in [-0.1, -0.05) is 40.5 Å². The Kier molecular flexibility index (Phi) is 6.06. The van der Waals surface area contributed by atoms with Gasteiger partial charge >= 0.3 is 0 Å². The van der Waals surface area contributed by atoms with E-state index >= 15 is 0 Å². The van der Waals surface area contributed by atoms with E-state index in [2.05, 4.69) is 10.5 Å². The topological polar surface area (TPSA) is 70.9 Å². The second kappa shape index (κ2) is 8.04. The summed E-state index contributed by atoms with van der Waals surface area (Å²) in [4.78, 5) is 12.1. The lowest BCUT2D eigenvalue weighted by Crippen LogP contribution is -2.21. The zero-order valence-corrected chi connectivity index (χ0v) is 14.6. The van der Waals surface area contributed by atoms with Gasteiger partial charge < -0.3 is 15.3 Å². The van der Waals surface area contributed by atoms with Crippen LogP contribution >= 0.6 is 23.2 Å². The molecule has 0 spiro atoms. The Morgan fingerprint density at radius 2 is 1.92 bits per heavy atom. The molecular weight excluding hydrogens is 351 g/mol. The van der Waals surface area contributed by atoms with Gasteiger partial charge in [0.05, 0.1) is 16.3 Å². The largest absolute Gasteiger partial charge is 0.481 e. The number of oxime groups is 1.